The first kappa shape index (κ1) is 14.0. The molecule has 0 spiro atoms. The van der Waals surface area contributed by atoms with Gasteiger partial charge in [-0.05, 0) is 43.9 Å². The van der Waals surface area contributed by atoms with Crippen molar-refractivity contribution >= 4 is 11.4 Å². The SMILES string of the molecule is Nc1ccc(NC2CCC(O)CC2)cc1C(F)(F)F. The molecule has 0 radical (unpaired) electrons. The highest BCUT2D eigenvalue weighted by Crippen LogP contribution is 2.35. The van der Waals surface area contributed by atoms with Crippen LogP contribution < -0.4 is 11.1 Å². The Labute approximate surface area is 109 Å². The molecular formula is C13H17F3N2O. The second-order valence-corrected chi connectivity index (χ2v) is 4.95. The molecule has 0 aromatic heterocycles. The third-order valence-electron chi connectivity index (χ3n) is 3.43. The summed E-state index contributed by atoms with van der Waals surface area (Å²) in [7, 11) is 0. The summed E-state index contributed by atoms with van der Waals surface area (Å²) in [5.74, 6) is 0. The van der Waals surface area contributed by atoms with Crippen molar-refractivity contribution in [1.82, 2.24) is 0 Å². The predicted molar refractivity (Wildman–Crippen MR) is 67.7 cm³/mol. The van der Waals surface area contributed by atoms with Gasteiger partial charge in [0.15, 0.2) is 0 Å². The van der Waals surface area contributed by atoms with E-state index in [1.54, 1.807) is 6.07 Å². The standard InChI is InChI=1S/C13H17F3N2O/c14-13(15,16)11-7-9(3-6-12(11)17)18-8-1-4-10(19)5-2-8/h3,6-8,10,18-19H,1-2,4-5,17H2. The van der Waals surface area contributed by atoms with E-state index in [1.165, 1.54) is 6.07 Å². The number of nitrogens with one attached hydrogen (secondary N) is 1. The average Bonchev–Trinajstić information content (AvgIpc) is 2.33. The molecule has 1 aliphatic carbocycles. The molecule has 0 unspecified atom stereocenters. The van der Waals surface area contributed by atoms with Gasteiger partial charge < -0.3 is 16.2 Å². The minimum Gasteiger partial charge on any atom is -0.398 e. The topological polar surface area (TPSA) is 58.3 Å². The Morgan fingerprint density at radius 2 is 1.79 bits per heavy atom. The van der Waals surface area contributed by atoms with Crippen molar-refractivity contribution in [2.45, 2.75) is 44.0 Å². The van der Waals surface area contributed by atoms with Crippen molar-refractivity contribution in [1.29, 1.82) is 0 Å². The minimum absolute atomic E-state index is 0.105. The van der Waals surface area contributed by atoms with Crippen molar-refractivity contribution in [2.24, 2.45) is 0 Å². The Hall–Kier alpha value is -1.43. The third-order valence-corrected chi connectivity index (χ3v) is 3.43. The Kier molecular flexibility index (Phi) is 3.89. The van der Waals surface area contributed by atoms with E-state index in [2.05, 4.69) is 5.32 Å². The lowest BCUT2D eigenvalue weighted by Gasteiger charge is -2.27. The van der Waals surface area contributed by atoms with E-state index < -0.39 is 11.7 Å². The maximum atomic E-state index is 12.7. The van der Waals surface area contributed by atoms with E-state index in [1.807, 2.05) is 0 Å². The number of benzene rings is 1. The van der Waals surface area contributed by atoms with E-state index in [9.17, 15) is 18.3 Å². The van der Waals surface area contributed by atoms with E-state index in [-0.39, 0.29) is 17.8 Å². The van der Waals surface area contributed by atoms with Crippen LogP contribution in [0.5, 0.6) is 0 Å². The van der Waals surface area contributed by atoms with E-state index in [0.29, 0.717) is 18.5 Å². The van der Waals surface area contributed by atoms with Crippen LogP contribution in [0.4, 0.5) is 24.5 Å². The van der Waals surface area contributed by atoms with E-state index in [0.717, 1.165) is 18.9 Å². The summed E-state index contributed by atoms with van der Waals surface area (Å²) in [6.07, 6.45) is -1.85. The lowest BCUT2D eigenvalue weighted by Crippen LogP contribution is -2.28. The number of aliphatic hydroxyl groups excluding tert-OH is 1. The first-order chi connectivity index (χ1) is 8.86. The van der Waals surface area contributed by atoms with Gasteiger partial charge >= 0.3 is 6.18 Å². The molecule has 6 heteroatoms. The highest BCUT2D eigenvalue weighted by Gasteiger charge is 2.33. The summed E-state index contributed by atoms with van der Waals surface area (Å²) in [4.78, 5) is 0. The van der Waals surface area contributed by atoms with E-state index in [4.69, 9.17) is 5.73 Å². The first-order valence-electron chi connectivity index (χ1n) is 6.27. The number of nitrogens with two attached hydrogens (primary N) is 1. The van der Waals surface area contributed by atoms with Gasteiger partial charge in [0.05, 0.1) is 11.7 Å². The maximum absolute atomic E-state index is 12.7. The summed E-state index contributed by atoms with van der Waals surface area (Å²) in [5, 5.41) is 12.5. The molecule has 1 saturated carbocycles. The summed E-state index contributed by atoms with van der Waals surface area (Å²) in [6, 6.07) is 3.96. The average molecular weight is 274 g/mol. The molecule has 0 atom stereocenters. The number of aliphatic hydroxyl groups is 1. The van der Waals surface area contributed by atoms with Gasteiger partial charge in [0, 0.05) is 17.4 Å². The lowest BCUT2D eigenvalue weighted by atomic mass is 9.93. The number of halogens is 3. The van der Waals surface area contributed by atoms with Gasteiger partial charge in [-0.2, -0.15) is 13.2 Å². The molecule has 19 heavy (non-hydrogen) atoms. The number of nitrogen functional groups attached to an aromatic ring is 1. The fraction of sp³-hybridized carbons (Fsp3) is 0.538. The minimum atomic E-state index is -4.44. The zero-order valence-corrected chi connectivity index (χ0v) is 10.4. The van der Waals surface area contributed by atoms with Crippen LogP contribution in [-0.4, -0.2) is 17.3 Å². The lowest BCUT2D eigenvalue weighted by molar-refractivity contribution is -0.136. The van der Waals surface area contributed by atoms with Gasteiger partial charge in [-0.25, -0.2) is 0 Å². The predicted octanol–water partition coefficient (Wildman–Crippen LogP) is 3.00. The Balaban J connectivity index is 2.09. The van der Waals surface area contributed by atoms with Crippen molar-refractivity contribution in [3.8, 4) is 0 Å². The van der Waals surface area contributed by atoms with Crippen molar-refractivity contribution in [3.05, 3.63) is 23.8 Å². The zero-order valence-electron chi connectivity index (χ0n) is 10.4. The van der Waals surface area contributed by atoms with Crippen molar-refractivity contribution < 1.29 is 18.3 Å². The quantitative estimate of drug-likeness (QED) is 0.727. The molecule has 0 saturated heterocycles. The fourth-order valence-electron chi connectivity index (χ4n) is 2.35. The molecule has 4 N–H and O–H groups in total. The largest absolute Gasteiger partial charge is 0.418 e. The van der Waals surface area contributed by atoms with Crippen LogP contribution in [0.3, 0.4) is 0 Å². The van der Waals surface area contributed by atoms with Gasteiger partial charge in [-0.15, -0.1) is 0 Å². The molecule has 0 heterocycles. The van der Waals surface area contributed by atoms with Crippen LogP contribution in [0.25, 0.3) is 0 Å². The fourth-order valence-corrected chi connectivity index (χ4v) is 2.35. The number of rotatable bonds is 2. The molecule has 1 aliphatic rings. The van der Waals surface area contributed by atoms with Gasteiger partial charge in [0.2, 0.25) is 0 Å². The smallest absolute Gasteiger partial charge is 0.398 e. The van der Waals surface area contributed by atoms with Crippen LogP contribution in [0.2, 0.25) is 0 Å². The molecule has 1 aromatic carbocycles. The Morgan fingerprint density at radius 3 is 2.37 bits per heavy atom. The molecule has 3 nitrogen and oxygen atoms in total. The Bertz CT molecular complexity index is 440. The van der Waals surface area contributed by atoms with Crippen LogP contribution in [0.15, 0.2) is 18.2 Å². The molecule has 2 rings (SSSR count). The summed E-state index contributed by atoms with van der Waals surface area (Å²) in [6.45, 7) is 0. The first-order valence-corrected chi connectivity index (χ1v) is 6.27. The molecule has 0 aliphatic heterocycles. The highest BCUT2D eigenvalue weighted by molar-refractivity contribution is 5.58. The number of hydrogen-bond acceptors (Lipinski definition) is 3. The maximum Gasteiger partial charge on any atom is 0.418 e. The van der Waals surface area contributed by atoms with E-state index >= 15 is 0 Å². The molecule has 106 valence electrons. The Morgan fingerprint density at radius 1 is 1.16 bits per heavy atom. The molecule has 0 bridgehead atoms. The second kappa shape index (κ2) is 5.28. The summed E-state index contributed by atoms with van der Waals surface area (Å²) in [5.41, 5.74) is 4.69. The molecular weight excluding hydrogens is 257 g/mol. The summed E-state index contributed by atoms with van der Waals surface area (Å²) >= 11 is 0. The van der Waals surface area contributed by atoms with Crippen LogP contribution >= 0.6 is 0 Å². The van der Waals surface area contributed by atoms with Gasteiger partial charge in [-0.1, -0.05) is 0 Å². The van der Waals surface area contributed by atoms with Gasteiger partial charge in [0.1, 0.15) is 0 Å². The van der Waals surface area contributed by atoms with Crippen LogP contribution in [-0.2, 0) is 6.18 Å². The molecule has 1 fully saturated rings. The molecule has 0 amide bonds. The molecule has 1 aromatic rings. The van der Waals surface area contributed by atoms with Crippen LogP contribution in [0, 0.1) is 0 Å². The normalized spacial score (nSPS) is 24.2. The van der Waals surface area contributed by atoms with Gasteiger partial charge in [-0.3, -0.25) is 0 Å². The third kappa shape index (κ3) is 3.53. The zero-order chi connectivity index (χ0) is 14.0. The number of hydrogen-bond donors (Lipinski definition) is 3. The van der Waals surface area contributed by atoms with Crippen LogP contribution in [0.1, 0.15) is 31.2 Å². The van der Waals surface area contributed by atoms with Crippen molar-refractivity contribution in [2.75, 3.05) is 11.1 Å². The second-order valence-electron chi connectivity index (χ2n) is 4.95. The number of anilines is 2. The number of alkyl halides is 3. The summed E-state index contributed by atoms with van der Waals surface area (Å²) < 4.78 is 38.2. The highest BCUT2D eigenvalue weighted by atomic mass is 19.4. The monoisotopic (exact) mass is 274 g/mol. The van der Waals surface area contributed by atoms with Crippen molar-refractivity contribution in [3.63, 3.8) is 0 Å². The van der Waals surface area contributed by atoms with Gasteiger partial charge in [0.25, 0.3) is 0 Å².